The highest BCUT2D eigenvalue weighted by molar-refractivity contribution is 7.89. The Morgan fingerprint density at radius 2 is 2.00 bits per heavy atom. The molecule has 20 heavy (non-hydrogen) atoms. The van der Waals surface area contributed by atoms with Crippen molar-refractivity contribution in [3.8, 4) is 0 Å². The summed E-state index contributed by atoms with van der Waals surface area (Å²) in [6, 6.07) is 0. The molecule has 0 bridgehead atoms. The lowest BCUT2D eigenvalue weighted by molar-refractivity contribution is -0.142. The van der Waals surface area contributed by atoms with E-state index in [1.807, 2.05) is 0 Å². The number of nitrogens with zero attached hydrogens (tertiary/aromatic N) is 1. The Kier molecular flexibility index (Phi) is 6.38. The van der Waals surface area contributed by atoms with Crippen molar-refractivity contribution >= 4 is 16.0 Å². The number of carbonyl (C=O) groups excluding carboxylic acids is 1. The first-order chi connectivity index (χ1) is 9.29. The van der Waals surface area contributed by atoms with E-state index in [1.54, 1.807) is 6.92 Å². The van der Waals surface area contributed by atoms with E-state index in [9.17, 15) is 18.3 Å². The summed E-state index contributed by atoms with van der Waals surface area (Å²) < 4.78 is 35.0. The summed E-state index contributed by atoms with van der Waals surface area (Å²) >= 11 is 0. The molecule has 1 saturated heterocycles. The zero-order chi connectivity index (χ0) is 15.2. The van der Waals surface area contributed by atoms with Crippen LogP contribution in [0.2, 0.25) is 0 Å². The fraction of sp³-hybridized carbons (Fsp3) is 0.917. The maximum Gasteiger partial charge on any atom is 0.306 e. The summed E-state index contributed by atoms with van der Waals surface area (Å²) in [6.45, 7) is 2.76. The van der Waals surface area contributed by atoms with Crippen LogP contribution in [0.25, 0.3) is 0 Å². The fourth-order valence-corrected chi connectivity index (χ4v) is 3.20. The zero-order valence-corrected chi connectivity index (χ0v) is 12.8. The van der Waals surface area contributed by atoms with Crippen LogP contribution in [0.4, 0.5) is 0 Å². The van der Waals surface area contributed by atoms with Crippen molar-refractivity contribution in [2.75, 3.05) is 39.2 Å². The van der Waals surface area contributed by atoms with Gasteiger partial charge in [0.15, 0.2) is 0 Å². The Labute approximate surface area is 119 Å². The first kappa shape index (κ1) is 17.4. The van der Waals surface area contributed by atoms with Gasteiger partial charge in [-0.2, -0.15) is 0 Å². The largest absolute Gasteiger partial charge is 0.466 e. The molecule has 118 valence electrons. The number of hydrogen-bond acceptors (Lipinski definition) is 6. The third-order valence-electron chi connectivity index (χ3n) is 3.28. The van der Waals surface area contributed by atoms with Crippen molar-refractivity contribution in [1.82, 2.24) is 4.31 Å². The van der Waals surface area contributed by atoms with Crippen LogP contribution >= 0.6 is 0 Å². The van der Waals surface area contributed by atoms with Crippen LogP contribution < -0.4 is 0 Å². The summed E-state index contributed by atoms with van der Waals surface area (Å²) in [5, 5.41) is 10.3. The standard InChI is InChI=1S/C12H23NO6S/c1-3-19-11(14)4-9-20(16,17)13(2)10-12(15)5-7-18-8-6-12/h15H,3-10H2,1-2H3. The second-order valence-corrected chi connectivity index (χ2v) is 7.16. The van der Waals surface area contributed by atoms with Gasteiger partial charge in [-0.1, -0.05) is 0 Å². The van der Waals surface area contributed by atoms with Gasteiger partial charge in [0, 0.05) is 39.6 Å². The summed E-state index contributed by atoms with van der Waals surface area (Å²) in [5.74, 6) is -0.844. The average Bonchev–Trinajstić information content (AvgIpc) is 2.37. The number of hydrogen-bond donors (Lipinski definition) is 1. The lowest BCUT2D eigenvalue weighted by Crippen LogP contribution is -2.47. The molecule has 1 N–H and O–H groups in total. The van der Waals surface area contributed by atoms with Crippen molar-refractivity contribution in [2.24, 2.45) is 0 Å². The van der Waals surface area contributed by atoms with Crippen LogP contribution in [-0.2, 0) is 24.3 Å². The van der Waals surface area contributed by atoms with Gasteiger partial charge in [0.25, 0.3) is 0 Å². The molecule has 1 heterocycles. The molecule has 0 amide bonds. The number of aliphatic hydroxyl groups is 1. The number of ether oxygens (including phenoxy) is 2. The van der Waals surface area contributed by atoms with Gasteiger partial charge in [0.1, 0.15) is 0 Å². The van der Waals surface area contributed by atoms with Crippen molar-refractivity contribution in [3.63, 3.8) is 0 Å². The Morgan fingerprint density at radius 3 is 2.55 bits per heavy atom. The van der Waals surface area contributed by atoms with Crippen LogP contribution in [0.5, 0.6) is 0 Å². The first-order valence-electron chi connectivity index (χ1n) is 6.69. The molecule has 1 fully saturated rings. The van der Waals surface area contributed by atoms with Gasteiger partial charge in [0.05, 0.1) is 24.4 Å². The fourth-order valence-electron chi connectivity index (χ4n) is 2.02. The second-order valence-electron chi connectivity index (χ2n) is 4.96. The molecule has 0 saturated carbocycles. The van der Waals surface area contributed by atoms with Gasteiger partial charge in [-0.3, -0.25) is 4.79 Å². The van der Waals surface area contributed by atoms with E-state index in [1.165, 1.54) is 7.05 Å². The number of likely N-dealkylation sites (N-methyl/N-ethyl adjacent to an activating group) is 1. The van der Waals surface area contributed by atoms with Crippen molar-refractivity contribution in [3.05, 3.63) is 0 Å². The molecular weight excluding hydrogens is 286 g/mol. The molecule has 0 unspecified atom stereocenters. The zero-order valence-electron chi connectivity index (χ0n) is 12.0. The summed E-state index contributed by atoms with van der Waals surface area (Å²) in [7, 11) is -2.17. The van der Waals surface area contributed by atoms with Gasteiger partial charge in [0.2, 0.25) is 10.0 Å². The second kappa shape index (κ2) is 7.35. The molecule has 0 aliphatic carbocycles. The van der Waals surface area contributed by atoms with E-state index in [0.29, 0.717) is 26.1 Å². The minimum atomic E-state index is -3.58. The quantitative estimate of drug-likeness (QED) is 0.652. The van der Waals surface area contributed by atoms with E-state index in [0.717, 1.165) is 4.31 Å². The number of carbonyl (C=O) groups is 1. The van der Waals surface area contributed by atoms with Crippen molar-refractivity contribution < 1.29 is 27.8 Å². The monoisotopic (exact) mass is 309 g/mol. The molecule has 7 nitrogen and oxygen atoms in total. The van der Waals surface area contributed by atoms with Crippen molar-refractivity contribution in [2.45, 2.75) is 31.8 Å². The van der Waals surface area contributed by atoms with Gasteiger partial charge >= 0.3 is 5.97 Å². The molecule has 1 rings (SSSR count). The van der Waals surface area contributed by atoms with E-state index >= 15 is 0 Å². The lowest BCUT2D eigenvalue weighted by Gasteiger charge is -2.34. The molecule has 0 atom stereocenters. The number of esters is 1. The molecular formula is C12H23NO6S. The third-order valence-corrected chi connectivity index (χ3v) is 5.08. The third kappa shape index (κ3) is 5.35. The summed E-state index contributed by atoms with van der Waals surface area (Å²) in [6.07, 6.45) is 0.636. The van der Waals surface area contributed by atoms with Crippen LogP contribution in [0.15, 0.2) is 0 Å². The van der Waals surface area contributed by atoms with Crippen LogP contribution in [0.3, 0.4) is 0 Å². The number of rotatable bonds is 7. The van der Waals surface area contributed by atoms with Gasteiger partial charge in [-0.15, -0.1) is 0 Å². The maximum absolute atomic E-state index is 12.0. The van der Waals surface area contributed by atoms with Crippen LogP contribution in [0, 0.1) is 0 Å². The SMILES string of the molecule is CCOC(=O)CCS(=O)(=O)N(C)CC1(O)CCOCC1. The van der Waals surface area contributed by atoms with Gasteiger partial charge in [-0.25, -0.2) is 12.7 Å². The maximum atomic E-state index is 12.0. The van der Waals surface area contributed by atoms with Gasteiger partial charge in [-0.05, 0) is 6.92 Å². The summed E-state index contributed by atoms with van der Waals surface area (Å²) in [5.41, 5.74) is -1.05. The highest BCUT2D eigenvalue weighted by atomic mass is 32.2. The predicted octanol–water partition coefficient (Wildman–Crippen LogP) is -0.257. The molecule has 1 aliphatic heterocycles. The average molecular weight is 309 g/mol. The Bertz CT molecular complexity index is 416. The summed E-state index contributed by atoms with van der Waals surface area (Å²) in [4.78, 5) is 11.2. The highest BCUT2D eigenvalue weighted by Gasteiger charge is 2.34. The molecule has 8 heteroatoms. The van der Waals surface area contributed by atoms with Crippen LogP contribution in [0.1, 0.15) is 26.2 Å². The molecule has 1 aliphatic rings. The van der Waals surface area contributed by atoms with E-state index in [-0.39, 0.29) is 25.3 Å². The normalized spacial score (nSPS) is 19.0. The van der Waals surface area contributed by atoms with E-state index < -0.39 is 21.6 Å². The molecule has 0 aromatic carbocycles. The highest BCUT2D eigenvalue weighted by Crippen LogP contribution is 2.22. The Balaban J connectivity index is 2.51. The Morgan fingerprint density at radius 1 is 1.40 bits per heavy atom. The Hall–Kier alpha value is -0.700. The molecule has 0 radical (unpaired) electrons. The van der Waals surface area contributed by atoms with Crippen molar-refractivity contribution in [1.29, 1.82) is 0 Å². The first-order valence-corrected chi connectivity index (χ1v) is 8.30. The van der Waals surface area contributed by atoms with Crippen LogP contribution in [-0.4, -0.2) is 68.6 Å². The molecule has 0 aromatic heterocycles. The number of sulfonamides is 1. The smallest absolute Gasteiger partial charge is 0.306 e. The predicted molar refractivity (Wildman–Crippen MR) is 72.7 cm³/mol. The topological polar surface area (TPSA) is 93.1 Å². The van der Waals surface area contributed by atoms with E-state index in [4.69, 9.17) is 9.47 Å². The van der Waals surface area contributed by atoms with Gasteiger partial charge < -0.3 is 14.6 Å². The molecule has 0 spiro atoms. The minimum Gasteiger partial charge on any atom is -0.466 e. The minimum absolute atomic E-state index is 0.0154. The van der Waals surface area contributed by atoms with E-state index in [2.05, 4.69) is 0 Å². The lowest BCUT2D eigenvalue weighted by atomic mass is 9.95. The molecule has 0 aromatic rings.